The SMILES string of the molecule is O=C(Cn1ccc2cc([N+](=O)[O-])ccc21)Nc1cccc(Cl)c1SC(F)F. The van der Waals surface area contributed by atoms with Gasteiger partial charge in [0.1, 0.15) is 6.54 Å². The molecule has 10 heteroatoms. The number of carbonyl (C=O) groups excluding carboxylic acids is 1. The van der Waals surface area contributed by atoms with Crippen molar-refractivity contribution in [3.05, 3.63) is 63.8 Å². The fourth-order valence-electron chi connectivity index (χ4n) is 2.60. The number of hydrogen-bond acceptors (Lipinski definition) is 4. The average Bonchev–Trinajstić information content (AvgIpc) is 2.99. The molecule has 0 spiro atoms. The number of hydrogen-bond donors (Lipinski definition) is 1. The molecule has 6 nitrogen and oxygen atoms in total. The lowest BCUT2D eigenvalue weighted by molar-refractivity contribution is -0.384. The van der Waals surface area contributed by atoms with E-state index < -0.39 is 16.6 Å². The lowest BCUT2D eigenvalue weighted by Gasteiger charge is -2.12. The van der Waals surface area contributed by atoms with Gasteiger partial charge >= 0.3 is 0 Å². The van der Waals surface area contributed by atoms with Crippen LogP contribution in [0.3, 0.4) is 0 Å². The summed E-state index contributed by atoms with van der Waals surface area (Å²) in [5.74, 6) is -3.12. The van der Waals surface area contributed by atoms with Gasteiger partial charge < -0.3 is 9.88 Å². The summed E-state index contributed by atoms with van der Waals surface area (Å²) in [7, 11) is 0. The molecule has 0 bridgehead atoms. The minimum Gasteiger partial charge on any atom is -0.338 e. The van der Waals surface area contributed by atoms with Crippen LogP contribution >= 0.6 is 23.4 Å². The number of anilines is 1. The van der Waals surface area contributed by atoms with Crippen molar-refractivity contribution >= 4 is 51.5 Å². The van der Waals surface area contributed by atoms with Crippen molar-refractivity contribution in [1.29, 1.82) is 0 Å². The Kier molecular flexibility index (Phi) is 5.62. The summed E-state index contributed by atoms with van der Waals surface area (Å²) in [6.07, 6.45) is 1.63. The summed E-state index contributed by atoms with van der Waals surface area (Å²) in [6, 6.07) is 10.5. The van der Waals surface area contributed by atoms with Crippen LogP contribution in [0.15, 0.2) is 53.6 Å². The van der Waals surface area contributed by atoms with Crippen LogP contribution in [0.5, 0.6) is 0 Å². The molecule has 1 heterocycles. The summed E-state index contributed by atoms with van der Waals surface area (Å²) in [5.41, 5.74) is 0.797. The van der Waals surface area contributed by atoms with E-state index in [1.165, 1.54) is 24.3 Å². The molecule has 0 aliphatic rings. The highest BCUT2D eigenvalue weighted by atomic mass is 35.5. The average molecular weight is 412 g/mol. The molecule has 0 aliphatic carbocycles. The molecular weight excluding hydrogens is 400 g/mol. The molecule has 0 unspecified atom stereocenters. The summed E-state index contributed by atoms with van der Waals surface area (Å²) < 4.78 is 27.1. The third kappa shape index (κ3) is 4.37. The van der Waals surface area contributed by atoms with E-state index in [1.54, 1.807) is 29.0 Å². The third-order valence-electron chi connectivity index (χ3n) is 3.73. The summed E-state index contributed by atoms with van der Waals surface area (Å²) >= 11 is 6.21. The van der Waals surface area contributed by atoms with Gasteiger partial charge in [-0.05, 0) is 24.3 Å². The number of thioether (sulfide) groups is 1. The number of nitrogens with zero attached hydrogens (tertiary/aromatic N) is 2. The fourth-order valence-corrected chi connectivity index (χ4v) is 3.51. The Morgan fingerprint density at radius 3 is 2.78 bits per heavy atom. The highest BCUT2D eigenvalue weighted by Crippen LogP contribution is 2.37. The molecule has 0 atom stereocenters. The molecule has 1 aromatic heterocycles. The molecule has 0 radical (unpaired) electrons. The number of rotatable bonds is 6. The number of halogens is 3. The van der Waals surface area contributed by atoms with E-state index >= 15 is 0 Å². The molecule has 0 saturated heterocycles. The number of benzene rings is 2. The second-order valence-electron chi connectivity index (χ2n) is 5.49. The van der Waals surface area contributed by atoms with Crippen LogP contribution in [0.25, 0.3) is 10.9 Å². The van der Waals surface area contributed by atoms with Gasteiger partial charge in [-0.1, -0.05) is 29.4 Å². The largest absolute Gasteiger partial charge is 0.338 e. The maximum Gasteiger partial charge on any atom is 0.289 e. The predicted octanol–water partition coefficient (Wildman–Crippen LogP) is 5.16. The van der Waals surface area contributed by atoms with Crippen molar-refractivity contribution in [2.75, 3.05) is 5.32 Å². The van der Waals surface area contributed by atoms with Gasteiger partial charge in [0.2, 0.25) is 5.91 Å². The van der Waals surface area contributed by atoms with Crippen LogP contribution < -0.4 is 5.32 Å². The van der Waals surface area contributed by atoms with Crippen molar-refractivity contribution in [3.8, 4) is 0 Å². The monoisotopic (exact) mass is 411 g/mol. The van der Waals surface area contributed by atoms with E-state index in [4.69, 9.17) is 11.6 Å². The quantitative estimate of drug-likeness (QED) is 0.345. The van der Waals surface area contributed by atoms with E-state index in [9.17, 15) is 23.7 Å². The molecule has 3 aromatic rings. The number of fused-ring (bicyclic) bond motifs is 1. The number of alkyl halides is 2. The van der Waals surface area contributed by atoms with Gasteiger partial charge in [0.15, 0.2) is 0 Å². The molecular formula is C17H12ClF2N3O3S. The number of nitrogens with one attached hydrogen (secondary N) is 1. The van der Waals surface area contributed by atoms with Gasteiger partial charge in [0.25, 0.3) is 11.4 Å². The first kappa shape index (κ1) is 19.1. The van der Waals surface area contributed by atoms with Crippen molar-refractivity contribution in [2.45, 2.75) is 17.2 Å². The van der Waals surface area contributed by atoms with Crippen LogP contribution in [-0.2, 0) is 11.3 Å². The Balaban J connectivity index is 1.80. The highest BCUT2D eigenvalue weighted by molar-refractivity contribution is 7.99. The summed E-state index contributed by atoms with van der Waals surface area (Å²) in [4.78, 5) is 22.8. The Morgan fingerprint density at radius 1 is 1.30 bits per heavy atom. The number of aromatic nitrogens is 1. The first-order valence-electron chi connectivity index (χ1n) is 7.61. The second kappa shape index (κ2) is 7.93. The van der Waals surface area contributed by atoms with Crippen LogP contribution in [0.1, 0.15) is 0 Å². The molecule has 0 fully saturated rings. The standard InChI is InChI=1S/C17H12ClF2N3O3S/c18-12-2-1-3-13(16(12)27-17(19)20)21-15(24)9-22-7-6-10-8-11(23(25)26)4-5-14(10)22/h1-8,17H,9H2,(H,21,24). The lowest BCUT2D eigenvalue weighted by Crippen LogP contribution is -2.18. The molecule has 1 amide bonds. The topological polar surface area (TPSA) is 77.2 Å². The van der Waals surface area contributed by atoms with Gasteiger partial charge in [-0.3, -0.25) is 14.9 Å². The van der Waals surface area contributed by atoms with Gasteiger partial charge in [-0.2, -0.15) is 8.78 Å². The van der Waals surface area contributed by atoms with E-state index in [0.29, 0.717) is 10.9 Å². The minimum absolute atomic E-state index is 0.0442. The Bertz CT molecular complexity index is 1030. The van der Waals surface area contributed by atoms with Crippen LogP contribution in [0.4, 0.5) is 20.2 Å². The van der Waals surface area contributed by atoms with Crippen molar-refractivity contribution in [2.24, 2.45) is 0 Å². The van der Waals surface area contributed by atoms with Crippen molar-refractivity contribution in [3.63, 3.8) is 0 Å². The number of carbonyl (C=O) groups is 1. The second-order valence-corrected chi connectivity index (χ2v) is 6.89. The molecule has 140 valence electrons. The molecule has 1 N–H and O–H groups in total. The van der Waals surface area contributed by atoms with E-state index in [2.05, 4.69) is 5.32 Å². The summed E-state index contributed by atoms with van der Waals surface area (Å²) in [5, 5.41) is 14.2. The van der Waals surface area contributed by atoms with E-state index in [0.717, 1.165) is 0 Å². The van der Waals surface area contributed by atoms with Crippen LogP contribution in [-0.4, -0.2) is 21.2 Å². The number of non-ortho nitro benzene ring substituents is 1. The number of nitro groups is 1. The zero-order chi connectivity index (χ0) is 19.6. The molecule has 27 heavy (non-hydrogen) atoms. The Hall–Kier alpha value is -2.65. The molecule has 2 aromatic carbocycles. The molecule has 0 aliphatic heterocycles. The zero-order valence-electron chi connectivity index (χ0n) is 13.6. The zero-order valence-corrected chi connectivity index (χ0v) is 15.1. The van der Waals surface area contributed by atoms with Crippen LogP contribution in [0.2, 0.25) is 5.02 Å². The van der Waals surface area contributed by atoms with Gasteiger partial charge in [0.05, 0.1) is 20.5 Å². The van der Waals surface area contributed by atoms with Gasteiger partial charge in [-0.15, -0.1) is 0 Å². The predicted molar refractivity (Wildman–Crippen MR) is 101 cm³/mol. The van der Waals surface area contributed by atoms with Crippen LogP contribution in [0, 0.1) is 10.1 Å². The lowest BCUT2D eigenvalue weighted by atomic mass is 10.2. The van der Waals surface area contributed by atoms with Crippen molar-refractivity contribution < 1.29 is 18.5 Å². The maximum atomic E-state index is 12.7. The third-order valence-corrected chi connectivity index (χ3v) is 5.01. The minimum atomic E-state index is -2.68. The highest BCUT2D eigenvalue weighted by Gasteiger charge is 2.16. The van der Waals surface area contributed by atoms with E-state index in [-0.39, 0.29) is 39.6 Å². The first-order valence-corrected chi connectivity index (χ1v) is 8.87. The van der Waals surface area contributed by atoms with Gasteiger partial charge in [0, 0.05) is 29.2 Å². The first-order chi connectivity index (χ1) is 12.8. The Morgan fingerprint density at radius 2 is 2.07 bits per heavy atom. The number of nitro benzene ring substituents is 1. The van der Waals surface area contributed by atoms with E-state index in [1.807, 2.05) is 0 Å². The number of amides is 1. The smallest absolute Gasteiger partial charge is 0.289 e. The fraction of sp³-hybridized carbons (Fsp3) is 0.118. The summed E-state index contributed by atoms with van der Waals surface area (Å²) in [6.45, 7) is -0.0907. The van der Waals surface area contributed by atoms with Crippen molar-refractivity contribution in [1.82, 2.24) is 4.57 Å². The Labute approximate surface area is 161 Å². The molecule has 3 rings (SSSR count). The van der Waals surface area contributed by atoms with Gasteiger partial charge in [-0.25, -0.2) is 0 Å². The maximum absolute atomic E-state index is 12.7. The molecule has 0 saturated carbocycles. The normalized spacial score (nSPS) is 11.1.